The average molecular weight is 468 g/mol. The van der Waals surface area contributed by atoms with Crippen molar-refractivity contribution >= 4 is 28.1 Å². The van der Waals surface area contributed by atoms with E-state index in [1.54, 1.807) is 6.07 Å². The van der Waals surface area contributed by atoms with Gasteiger partial charge in [0.15, 0.2) is 5.65 Å². The molecule has 176 valence electrons. The number of rotatable bonds is 4. The first-order valence-electron chi connectivity index (χ1n) is 11.1. The van der Waals surface area contributed by atoms with Crippen LogP contribution in [0.15, 0.2) is 54.6 Å². The number of amides is 1. The number of anilines is 1. The molecule has 0 saturated carbocycles. The van der Waals surface area contributed by atoms with Gasteiger partial charge in [0.05, 0.1) is 6.04 Å². The number of hydrogen-bond donors (Lipinski definition) is 1. The number of piperidine rings is 1. The maximum Gasteiger partial charge on any atom is 0.453 e. The largest absolute Gasteiger partial charge is 0.453 e. The monoisotopic (exact) mass is 468 g/mol. The first-order chi connectivity index (χ1) is 16.3. The number of benzene rings is 2. The summed E-state index contributed by atoms with van der Waals surface area (Å²) in [6.45, 7) is 3.01. The number of aromatic nitrogens is 4. The molecular weight excluding hydrogens is 445 g/mol. The van der Waals surface area contributed by atoms with E-state index in [1.165, 1.54) is 6.07 Å². The Kier molecular flexibility index (Phi) is 5.59. The van der Waals surface area contributed by atoms with E-state index in [4.69, 9.17) is 0 Å². The van der Waals surface area contributed by atoms with Crippen molar-refractivity contribution in [1.29, 1.82) is 0 Å². The molecule has 0 aliphatic carbocycles. The Morgan fingerprint density at radius 3 is 2.53 bits per heavy atom. The van der Waals surface area contributed by atoms with Crippen LogP contribution in [0.3, 0.4) is 0 Å². The zero-order valence-electron chi connectivity index (χ0n) is 18.5. The van der Waals surface area contributed by atoms with Crippen LogP contribution in [0.1, 0.15) is 37.2 Å². The summed E-state index contributed by atoms with van der Waals surface area (Å²) in [4.78, 5) is 14.9. The van der Waals surface area contributed by atoms with Crippen LogP contribution >= 0.6 is 0 Å². The third kappa shape index (κ3) is 4.15. The Morgan fingerprint density at radius 1 is 1.03 bits per heavy atom. The highest BCUT2D eigenvalue weighted by molar-refractivity contribution is 5.87. The zero-order chi connectivity index (χ0) is 23.9. The van der Waals surface area contributed by atoms with Crippen LogP contribution in [-0.4, -0.2) is 38.8 Å². The van der Waals surface area contributed by atoms with Crippen LogP contribution in [0.25, 0.3) is 16.4 Å². The van der Waals surface area contributed by atoms with Gasteiger partial charge in [-0.1, -0.05) is 42.5 Å². The van der Waals surface area contributed by atoms with E-state index in [-0.39, 0.29) is 23.5 Å². The van der Waals surface area contributed by atoms with Gasteiger partial charge in [-0.15, -0.1) is 15.3 Å². The molecule has 5 rings (SSSR count). The molecular formula is C24H23F3N6O. The number of carbonyl (C=O) groups excluding carboxylic acids is 1. The Morgan fingerprint density at radius 2 is 1.76 bits per heavy atom. The summed E-state index contributed by atoms with van der Waals surface area (Å²) in [6, 6.07) is 17.1. The first kappa shape index (κ1) is 22.1. The molecule has 1 N–H and O–H groups in total. The van der Waals surface area contributed by atoms with E-state index in [0.717, 1.165) is 20.9 Å². The van der Waals surface area contributed by atoms with E-state index in [9.17, 15) is 18.0 Å². The third-order valence-corrected chi connectivity index (χ3v) is 6.34. The Labute approximate surface area is 193 Å². The van der Waals surface area contributed by atoms with Crippen molar-refractivity contribution in [2.45, 2.75) is 32.0 Å². The molecule has 4 aromatic rings. The molecule has 1 aliphatic rings. The molecule has 2 aromatic carbocycles. The summed E-state index contributed by atoms with van der Waals surface area (Å²) in [7, 11) is 0. The number of halogens is 3. The second-order valence-corrected chi connectivity index (χ2v) is 8.54. The molecule has 1 atom stereocenters. The van der Waals surface area contributed by atoms with Crippen molar-refractivity contribution < 1.29 is 18.0 Å². The van der Waals surface area contributed by atoms with Crippen molar-refractivity contribution in [2.24, 2.45) is 5.92 Å². The Balaban J connectivity index is 1.25. The predicted octanol–water partition coefficient (Wildman–Crippen LogP) is 4.39. The normalized spacial score (nSPS) is 16.2. The van der Waals surface area contributed by atoms with Crippen molar-refractivity contribution in [3.05, 3.63) is 66.0 Å². The van der Waals surface area contributed by atoms with Crippen molar-refractivity contribution in [3.63, 3.8) is 0 Å². The van der Waals surface area contributed by atoms with Gasteiger partial charge in [-0.2, -0.15) is 17.7 Å². The van der Waals surface area contributed by atoms with E-state index in [2.05, 4.69) is 26.7 Å². The summed E-state index contributed by atoms with van der Waals surface area (Å²) in [6.07, 6.45) is -3.47. The van der Waals surface area contributed by atoms with Crippen molar-refractivity contribution in [1.82, 2.24) is 25.1 Å². The number of hydrogen-bond acceptors (Lipinski definition) is 5. The molecule has 0 bridgehead atoms. The number of alkyl halides is 3. The maximum absolute atomic E-state index is 13.2. The molecule has 0 radical (unpaired) electrons. The molecule has 34 heavy (non-hydrogen) atoms. The third-order valence-electron chi connectivity index (χ3n) is 6.34. The fourth-order valence-corrected chi connectivity index (χ4v) is 4.53. The molecule has 1 saturated heterocycles. The lowest BCUT2D eigenvalue weighted by atomic mass is 9.94. The molecule has 3 heterocycles. The van der Waals surface area contributed by atoms with Gasteiger partial charge in [0.25, 0.3) is 5.82 Å². The van der Waals surface area contributed by atoms with Gasteiger partial charge < -0.3 is 10.2 Å². The van der Waals surface area contributed by atoms with Crippen molar-refractivity contribution in [3.8, 4) is 0 Å². The van der Waals surface area contributed by atoms with Crippen LogP contribution < -0.4 is 10.2 Å². The van der Waals surface area contributed by atoms with Crippen LogP contribution in [0.5, 0.6) is 0 Å². The Bertz CT molecular complexity index is 1340. The smallest absolute Gasteiger partial charge is 0.355 e. The first-order valence-corrected chi connectivity index (χ1v) is 11.1. The van der Waals surface area contributed by atoms with E-state index in [0.29, 0.717) is 31.7 Å². The lowest BCUT2D eigenvalue weighted by molar-refractivity contribution is -0.146. The van der Waals surface area contributed by atoms with Crippen LogP contribution in [0.4, 0.5) is 19.0 Å². The number of fused-ring (bicyclic) bond motifs is 2. The van der Waals surface area contributed by atoms with Gasteiger partial charge in [-0.25, -0.2) is 0 Å². The fraction of sp³-hybridized carbons (Fsp3) is 0.333. The second-order valence-electron chi connectivity index (χ2n) is 8.54. The van der Waals surface area contributed by atoms with E-state index in [1.807, 2.05) is 48.2 Å². The summed E-state index contributed by atoms with van der Waals surface area (Å²) < 4.78 is 40.2. The summed E-state index contributed by atoms with van der Waals surface area (Å²) in [5.74, 6) is -0.929. The summed E-state index contributed by atoms with van der Waals surface area (Å²) in [5.41, 5.74) is 1.10. The average Bonchev–Trinajstić information content (AvgIpc) is 3.28. The summed E-state index contributed by atoms with van der Waals surface area (Å²) >= 11 is 0. The van der Waals surface area contributed by atoms with Crippen LogP contribution in [0, 0.1) is 5.92 Å². The maximum atomic E-state index is 13.2. The van der Waals surface area contributed by atoms with Crippen molar-refractivity contribution in [2.75, 3.05) is 18.0 Å². The topological polar surface area (TPSA) is 75.4 Å². The van der Waals surface area contributed by atoms with Gasteiger partial charge in [0.2, 0.25) is 5.91 Å². The molecule has 1 amide bonds. The number of carbonyl (C=O) groups is 1. The van der Waals surface area contributed by atoms with Gasteiger partial charge in [-0.3, -0.25) is 4.79 Å². The molecule has 1 unspecified atom stereocenters. The lowest BCUT2D eigenvalue weighted by Gasteiger charge is -2.32. The molecule has 2 aromatic heterocycles. The minimum Gasteiger partial charge on any atom is -0.355 e. The van der Waals surface area contributed by atoms with Crippen LogP contribution in [-0.2, 0) is 11.0 Å². The standard InChI is InChI=1S/C24H23F3N6O/c1-15(18-8-4-6-16-5-2-3-7-19(16)18)28-22(34)17-11-13-32(14-12-17)21-10-9-20-29-30-23(24(25,26)27)33(20)31-21/h2-10,15,17H,11-14H2,1H3,(H,28,34). The van der Waals surface area contributed by atoms with Gasteiger partial charge in [0, 0.05) is 19.0 Å². The molecule has 10 heteroatoms. The SMILES string of the molecule is CC(NC(=O)C1CCN(c2ccc3nnc(C(F)(F)F)n3n2)CC1)c1cccc2ccccc12. The highest BCUT2D eigenvalue weighted by Crippen LogP contribution is 2.29. The van der Waals surface area contributed by atoms with Gasteiger partial charge in [0.1, 0.15) is 5.82 Å². The molecule has 1 aliphatic heterocycles. The van der Waals surface area contributed by atoms with Crippen LogP contribution in [0.2, 0.25) is 0 Å². The minimum absolute atomic E-state index is 0.0123. The quantitative estimate of drug-likeness (QED) is 0.481. The predicted molar refractivity (Wildman–Crippen MR) is 121 cm³/mol. The van der Waals surface area contributed by atoms with Gasteiger partial charge in [-0.05, 0) is 48.2 Å². The second kappa shape index (κ2) is 8.58. The Hall–Kier alpha value is -3.69. The number of nitrogens with one attached hydrogen (secondary N) is 1. The molecule has 0 spiro atoms. The zero-order valence-corrected chi connectivity index (χ0v) is 18.5. The fourth-order valence-electron chi connectivity index (χ4n) is 4.53. The van der Waals surface area contributed by atoms with Gasteiger partial charge >= 0.3 is 6.18 Å². The molecule has 1 fully saturated rings. The minimum atomic E-state index is -4.64. The van der Waals surface area contributed by atoms with E-state index < -0.39 is 12.0 Å². The summed E-state index contributed by atoms with van der Waals surface area (Å²) in [5, 5.41) is 16.2. The van der Waals surface area contributed by atoms with E-state index >= 15 is 0 Å². The molecule has 7 nitrogen and oxygen atoms in total. The lowest BCUT2D eigenvalue weighted by Crippen LogP contribution is -2.41. The highest BCUT2D eigenvalue weighted by atomic mass is 19.4. The highest BCUT2D eigenvalue weighted by Gasteiger charge is 2.38. The number of nitrogens with zero attached hydrogens (tertiary/aromatic N) is 5.